The standard InChI is InChI=1S/C21H19ClN2O5S/c1-27-18-11-19(28-2)16(10-15(18)22)24-20(25)12-30-14-6-3-5-13(9-14)23-21(26)17-7-4-8-29-17/h3-11H,12H2,1-2H3,(H,23,26)(H,24,25). The fraction of sp³-hybridized carbons (Fsp3) is 0.143. The van der Waals surface area contributed by atoms with Crippen molar-refractivity contribution in [1.29, 1.82) is 0 Å². The van der Waals surface area contributed by atoms with Crippen LogP contribution in [0.2, 0.25) is 5.02 Å². The van der Waals surface area contributed by atoms with Gasteiger partial charge in [-0.1, -0.05) is 17.7 Å². The molecule has 1 heterocycles. The van der Waals surface area contributed by atoms with Crippen LogP contribution >= 0.6 is 23.4 Å². The van der Waals surface area contributed by atoms with Crippen molar-refractivity contribution in [2.75, 3.05) is 30.6 Å². The molecule has 0 saturated heterocycles. The molecule has 1 aromatic heterocycles. The topological polar surface area (TPSA) is 89.8 Å². The third kappa shape index (κ3) is 5.49. The molecular formula is C21H19ClN2O5S. The van der Waals surface area contributed by atoms with E-state index in [9.17, 15) is 9.59 Å². The summed E-state index contributed by atoms with van der Waals surface area (Å²) in [6, 6.07) is 13.6. The lowest BCUT2D eigenvalue weighted by atomic mass is 10.2. The Morgan fingerprint density at radius 2 is 1.83 bits per heavy atom. The highest BCUT2D eigenvalue weighted by atomic mass is 35.5. The lowest BCUT2D eigenvalue weighted by Crippen LogP contribution is -2.15. The number of halogens is 1. The summed E-state index contributed by atoms with van der Waals surface area (Å²) in [5.41, 5.74) is 1.05. The Hall–Kier alpha value is -3.10. The molecule has 2 aromatic carbocycles. The Bertz CT molecular complexity index is 1040. The molecule has 30 heavy (non-hydrogen) atoms. The molecule has 0 aliphatic carbocycles. The van der Waals surface area contributed by atoms with Gasteiger partial charge in [0.1, 0.15) is 11.5 Å². The minimum absolute atomic E-state index is 0.155. The van der Waals surface area contributed by atoms with Crippen molar-refractivity contribution < 1.29 is 23.5 Å². The van der Waals surface area contributed by atoms with Crippen LogP contribution in [0.5, 0.6) is 11.5 Å². The molecule has 0 aliphatic heterocycles. The number of nitrogens with one attached hydrogen (secondary N) is 2. The second-order valence-electron chi connectivity index (χ2n) is 5.98. The molecule has 156 valence electrons. The van der Waals surface area contributed by atoms with Gasteiger partial charge in [0.05, 0.1) is 36.9 Å². The molecule has 0 bridgehead atoms. The van der Waals surface area contributed by atoms with E-state index in [0.717, 1.165) is 4.90 Å². The lowest BCUT2D eigenvalue weighted by Gasteiger charge is -2.13. The predicted molar refractivity (Wildman–Crippen MR) is 117 cm³/mol. The molecule has 0 atom stereocenters. The third-order valence-electron chi connectivity index (χ3n) is 3.95. The molecule has 0 radical (unpaired) electrons. The zero-order chi connectivity index (χ0) is 21.5. The van der Waals surface area contributed by atoms with Crippen molar-refractivity contribution in [3.05, 3.63) is 65.6 Å². The van der Waals surface area contributed by atoms with Gasteiger partial charge in [0.25, 0.3) is 5.91 Å². The van der Waals surface area contributed by atoms with Gasteiger partial charge >= 0.3 is 0 Å². The molecule has 3 rings (SSSR count). The average molecular weight is 447 g/mol. The van der Waals surface area contributed by atoms with Crippen LogP contribution in [0.3, 0.4) is 0 Å². The average Bonchev–Trinajstić information content (AvgIpc) is 3.28. The van der Waals surface area contributed by atoms with Crippen LogP contribution in [0.25, 0.3) is 0 Å². The minimum atomic E-state index is -0.344. The van der Waals surface area contributed by atoms with Gasteiger partial charge in [-0.2, -0.15) is 0 Å². The molecule has 0 spiro atoms. The van der Waals surface area contributed by atoms with Gasteiger partial charge in [0.2, 0.25) is 5.91 Å². The fourth-order valence-corrected chi connectivity index (χ4v) is 3.55. The normalized spacial score (nSPS) is 10.4. The van der Waals surface area contributed by atoms with Crippen molar-refractivity contribution >= 4 is 46.6 Å². The van der Waals surface area contributed by atoms with Gasteiger partial charge in [-0.15, -0.1) is 11.8 Å². The Labute approximate surface area is 182 Å². The molecule has 0 aliphatic rings. The zero-order valence-electron chi connectivity index (χ0n) is 16.2. The number of hydrogen-bond acceptors (Lipinski definition) is 6. The minimum Gasteiger partial charge on any atom is -0.495 e. The first-order valence-corrected chi connectivity index (χ1v) is 10.2. The second kappa shape index (κ2) is 10.1. The molecule has 0 saturated carbocycles. The number of benzene rings is 2. The summed E-state index contributed by atoms with van der Waals surface area (Å²) in [6.07, 6.45) is 1.44. The highest BCUT2D eigenvalue weighted by Crippen LogP contribution is 2.36. The Morgan fingerprint density at radius 1 is 1.03 bits per heavy atom. The highest BCUT2D eigenvalue weighted by Gasteiger charge is 2.13. The summed E-state index contributed by atoms with van der Waals surface area (Å²) in [4.78, 5) is 25.3. The van der Waals surface area contributed by atoms with Crippen LogP contribution in [0.15, 0.2) is 64.1 Å². The van der Waals surface area contributed by atoms with Gasteiger partial charge in [0.15, 0.2) is 5.76 Å². The van der Waals surface area contributed by atoms with Crippen LogP contribution in [-0.2, 0) is 4.79 Å². The smallest absolute Gasteiger partial charge is 0.291 e. The van der Waals surface area contributed by atoms with Crippen LogP contribution < -0.4 is 20.1 Å². The molecule has 2 N–H and O–H groups in total. The number of ether oxygens (including phenoxy) is 2. The van der Waals surface area contributed by atoms with Gasteiger partial charge in [-0.3, -0.25) is 9.59 Å². The van der Waals surface area contributed by atoms with Gasteiger partial charge in [-0.05, 0) is 36.4 Å². The first kappa shape index (κ1) is 21.6. The molecule has 0 fully saturated rings. The van der Waals surface area contributed by atoms with E-state index >= 15 is 0 Å². The maximum absolute atomic E-state index is 12.4. The number of thioether (sulfide) groups is 1. The Balaban J connectivity index is 1.60. The fourth-order valence-electron chi connectivity index (χ4n) is 2.56. The Morgan fingerprint density at radius 3 is 2.53 bits per heavy atom. The number of methoxy groups -OCH3 is 2. The van der Waals surface area contributed by atoms with E-state index in [1.165, 1.54) is 32.2 Å². The number of rotatable bonds is 8. The summed E-state index contributed by atoms with van der Waals surface area (Å²) in [7, 11) is 3.00. The van der Waals surface area contributed by atoms with Crippen LogP contribution in [0.4, 0.5) is 11.4 Å². The van der Waals surface area contributed by atoms with Crippen molar-refractivity contribution in [3.8, 4) is 11.5 Å². The molecule has 3 aromatic rings. The summed E-state index contributed by atoms with van der Waals surface area (Å²) >= 11 is 7.46. The zero-order valence-corrected chi connectivity index (χ0v) is 17.8. The number of hydrogen-bond donors (Lipinski definition) is 2. The first-order chi connectivity index (χ1) is 14.5. The number of carbonyl (C=O) groups is 2. The van der Waals surface area contributed by atoms with E-state index in [2.05, 4.69) is 10.6 Å². The highest BCUT2D eigenvalue weighted by molar-refractivity contribution is 8.00. The first-order valence-electron chi connectivity index (χ1n) is 8.79. The third-order valence-corrected chi connectivity index (χ3v) is 5.24. The van der Waals surface area contributed by atoms with Gasteiger partial charge in [0, 0.05) is 16.6 Å². The predicted octanol–water partition coefficient (Wildman–Crippen LogP) is 4.93. The van der Waals surface area contributed by atoms with E-state index in [1.807, 2.05) is 6.07 Å². The largest absolute Gasteiger partial charge is 0.495 e. The molecule has 0 unspecified atom stereocenters. The summed E-state index contributed by atoms with van der Waals surface area (Å²) in [5.74, 6) is 0.696. The van der Waals surface area contributed by atoms with Gasteiger partial charge < -0.3 is 24.5 Å². The summed E-state index contributed by atoms with van der Waals surface area (Å²) < 4.78 is 15.5. The van der Waals surface area contributed by atoms with Crippen molar-refractivity contribution in [3.63, 3.8) is 0 Å². The van der Waals surface area contributed by atoms with E-state index in [-0.39, 0.29) is 23.3 Å². The number of anilines is 2. The molecule has 2 amide bonds. The summed E-state index contributed by atoms with van der Waals surface area (Å²) in [6.45, 7) is 0. The molecular weight excluding hydrogens is 428 g/mol. The maximum atomic E-state index is 12.4. The Kier molecular flexibility index (Phi) is 7.26. The van der Waals surface area contributed by atoms with Gasteiger partial charge in [-0.25, -0.2) is 0 Å². The summed E-state index contributed by atoms with van der Waals surface area (Å²) in [5, 5.41) is 5.90. The van der Waals surface area contributed by atoms with Crippen molar-refractivity contribution in [2.45, 2.75) is 4.90 Å². The van der Waals surface area contributed by atoms with Crippen LogP contribution in [0, 0.1) is 0 Å². The number of amides is 2. The van der Waals surface area contributed by atoms with Crippen molar-refractivity contribution in [1.82, 2.24) is 0 Å². The molecule has 7 nitrogen and oxygen atoms in total. The van der Waals surface area contributed by atoms with Crippen molar-refractivity contribution in [2.24, 2.45) is 0 Å². The SMILES string of the molecule is COc1cc(OC)c(NC(=O)CSc2cccc(NC(=O)c3ccco3)c2)cc1Cl. The number of furan rings is 1. The monoisotopic (exact) mass is 446 g/mol. The van der Waals surface area contributed by atoms with E-state index in [1.54, 1.807) is 42.5 Å². The molecule has 9 heteroatoms. The van der Waals surface area contributed by atoms with E-state index in [4.69, 9.17) is 25.5 Å². The lowest BCUT2D eigenvalue weighted by molar-refractivity contribution is -0.113. The van der Waals surface area contributed by atoms with E-state index < -0.39 is 0 Å². The second-order valence-corrected chi connectivity index (χ2v) is 7.44. The van der Waals surface area contributed by atoms with Crippen LogP contribution in [0.1, 0.15) is 10.6 Å². The van der Waals surface area contributed by atoms with E-state index in [0.29, 0.717) is 27.9 Å². The number of carbonyl (C=O) groups excluding carboxylic acids is 2. The maximum Gasteiger partial charge on any atom is 0.291 e. The van der Waals surface area contributed by atoms with Crippen LogP contribution in [-0.4, -0.2) is 31.8 Å². The quantitative estimate of drug-likeness (QED) is 0.477.